The van der Waals surface area contributed by atoms with Crippen molar-refractivity contribution in [1.82, 2.24) is 0 Å². The van der Waals surface area contributed by atoms with E-state index >= 15 is 4.39 Å². The standard InChI is InChI=1S/C24H16BrFN2O2/c25-20-13-5-7-15-22(20)27(17-9-2-1-3-10-17)21-14-6-4-11-18(21)19-12-8-16-23(24(19)26)28(29)30/h1-16H. The fraction of sp³-hybridized carbons (Fsp3) is 0. The van der Waals surface area contributed by atoms with Crippen LogP contribution in [0.4, 0.5) is 27.1 Å². The van der Waals surface area contributed by atoms with Crippen molar-refractivity contribution in [2.45, 2.75) is 0 Å². The number of anilines is 3. The van der Waals surface area contributed by atoms with Crippen LogP contribution < -0.4 is 4.90 Å². The summed E-state index contributed by atoms with van der Waals surface area (Å²) in [5, 5.41) is 11.3. The Morgan fingerprint density at radius 1 is 0.733 bits per heavy atom. The first-order valence-electron chi connectivity index (χ1n) is 9.20. The molecule has 30 heavy (non-hydrogen) atoms. The highest BCUT2D eigenvalue weighted by atomic mass is 79.9. The van der Waals surface area contributed by atoms with Crippen LogP contribution in [0.15, 0.2) is 102 Å². The number of halogens is 2. The number of para-hydroxylation sites is 3. The molecule has 0 radical (unpaired) electrons. The van der Waals surface area contributed by atoms with Crippen LogP contribution in [0.1, 0.15) is 0 Å². The van der Waals surface area contributed by atoms with Gasteiger partial charge in [-0.2, -0.15) is 4.39 Å². The van der Waals surface area contributed by atoms with E-state index in [-0.39, 0.29) is 5.56 Å². The molecule has 0 atom stereocenters. The summed E-state index contributed by atoms with van der Waals surface area (Å²) in [5.74, 6) is -0.852. The molecule has 4 aromatic rings. The van der Waals surface area contributed by atoms with Gasteiger partial charge in [0.2, 0.25) is 5.82 Å². The molecule has 4 nitrogen and oxygen atoms in total. The van der Waals surface area contributed by atoms with E-state index in [0.29, 0.717) is 11.3 Å². The number of rotatable bonds is 5. The van der Waals surface area contributed by atoms with Gasteiger partial charge < -0.3 is 4.90 Å². The molecule has 0 spiro atoms. The van der Waals surface area contributed by atoms with E-state index in [9.17, 15) is 10.1 Å². The second-order valence-electron chi connectivity index (χ2n) is 6.54. The molecular formula is C24H16BrFN2O2. The lowest BCUT2D eigenvalue weighted by Gasteiger charge is -2.28. The molecule has 0 heterocycles. The lowest BCUT2D eigenvalue weighted by molar-refractivity contribution is -0.387. The second kappa shape index (κ2) is 8.47. The van der Waals surface area contributed by atoms with Crippen LogP contribution in [0.2, 0.25) is 0 Å². The van der Waals surface area contributed by atoms with Crippen molar-refractivity contribution in [3.8, 4) is 11.1 Å². The molecule has 0 amide bonds. The first kappa shape index (κ1) is 19.8. The number of nitro groups is 1. The topological polar surface area (TPSA) is 46.4 Å². The Balaban J connectivity index is 1.99. The Bertz CT molecular complexity index is 1210. The van der Waals surface area contributed by atoms with E-state index in [0.717, 1.165) is 15.8 Å². The summed E-state index contributed by atoms with van der Waals surface area (Å²) in [5.41, 5.74) is 2.63. The number of nitro benzene ring substituents is 1. The van der Waals surface area contributed by atoms with E-state index in [1.54, 1.807) is 18.2 Å². The average Bonchev–Trinajstić information content (AvgIpc) is 2.76. The van der Waals surface area contributed by atoms with Gasteiger partial charge in [0, 0.05) is 27.4 Å². The van der Waals surface area contributed by atoms with E-state index < -0.39 is 16.4 Å². The quantitative estimate of drug-likeness (QED) is 0.226. The molecule has 0 aliphatic carbocycles. The monoisotopic (exact) mass is 462 g/mol. The molecule has 6 heteroatoms. The lowest BCUT2D eigenvalue weighted by atomic mass is 10.0. The maximum Gasteiger partial charge on any atom is 0.305 e. The van der Waals surface area contributed by atoms with Crippen molar-refractivity contribution in [3.63, 3.8) is 0 Å². The molecular weight excluding hydrogens is 447 g/mol. The number of hydrogen-bond acceptors (Lipinski definition) is 3. The van der Waals surface area contributed by atoms with Crippen LogP contribution in [0.5, 0.6) is 0 Å². The van der Waals surface area contributed by atoms with Gasteiger partial charge in [-0.15, -0.1) is 0 Å². The van der Waals surface area contributed by atoms with E-state index in [1.165, 1.54) is 12.1 Å². The van der Waals surface area contributed by atoms with Crippen molar-refractivity contribution in [1.29, 1.82) is 0 Å². The summed E-state index contributed by atoms with van der Waals surface area (Å²) in [4.78, 5) is 12.6. The minimum Gasteiger partial charge on any atom is -0.309 e. The normalized spacial score (nSPS) is 10.6. The minimum atomic E-state index is -0.852. The zero-order chi connectivity index (χ0) is 21.1. The van der Waals surface area contributed by atoms with Crippen LogP contribution in [-0.2, 0) is 0 Å². The highest BCUT2D eigenvalue weighted by Gasteiger charge is 2.23. The first-order valence-corrected chi connectivity index (χ1v) is 9.99. The van der Waals surface area contributed by atoms with Crippen molar-refractivity contribution in [2.24, 2.45) is 0 Å². The molecule has 0 unspecified atom stereocenters. The van der Waals surface area contributed by atoms with Crippen molar-refractivity contribution in [2.75, 3.05) is 4.90 Å². The fourth-order valence-corrected chi connectivity index (χ4v) is 3.85. The predicted octanol–water partition coefficient (Wildman–Crippen LogP) is 7.63. The van der Waals surface area contributed by atoms with Gasteiger partial charge in [-0.05, 0) is 46.3 Å². The van der Waals surface area contributed by atoms with Gasteiger partial charge in [-0.3, -0.25) is 10.1 Å². The molecule has 0 aliphatic rings. The number of nitrogens with zero attached hydrogens (tertiary/aromatic N) is 2. The lowest BCUT2D eigenvalue weighted by Crippen LogP contribution is -2.12. The molecule has 0 aliphatic heterocycles. The summed E-state index contributed by atoms with van der Waals surface area (Å²) in [7, 11) is 0. The van der Waals surface area contributed by atoms with Gasteiger partial charge in [0.1, 0.15) is 0 Å². The van der Waals surface area contributed by atoms with Crippen LogP contribution in [0.25, 0.3) is 11.1 Å². The Labute approximate surface area is 181 Å². The van der Waals surface area contributed by atoms with Crippen LogP contribution >= 0.6 is 15.9 Å². The van der Waals surface area contributed by atoms with E-state index in [1.807, 2.05) is 71.6 Å². The molecule has 148 valence electrons. The smallest absolute Gasteiger partial charge is 0.305 e. The van der Waals surface area contributed by atoms with Crippen LogP contribution in [0, 0.1) is 15.9 Å². The molecule has 0 saturated heterocycles. The molecule has 0 bridgehead atoms. The molecule has 0 fully saturated rings. The van der Waals surface area contributed by atoms with Crippen molar-refractivity contribution < 1.29 is 9.31 Å². The largest absolute Gasteiger partial charge is 0.309 e. The Hall–Kier alpha value is -3.51. The average molecular weight is 463 g/mol. The maximum atomic E-state index is 15.1. The highest BCUT2D eigenvalue weighted by Crippen LogP contribution is 2.44. The molecule has 0 aromatic heterocycles. The van der Waals surface area contributed by atoms with Gasteiger partial charge in [-0.1, -0.05) is 60.7 Å². The molecule has 4 aromatic carbocycles. The third-order valence-corrected chi connectivity index (χ3v) is 5.39. The van der Waals surface area contributed by atoms with Gasteiger partial charge in [-0.25, -0.2) is 0 Å². The summed E-state index contributed by atoms with van der Waals surface area (Å²) in [6.07, 6.45) is 0. The Morgan fingerprint density at radius 2 is 1.33 bits per heavy atom. The van der Waals surface area contributed by atoms with Crippen LogP contribution in [-0.4, -0.2) is 4.92 Å². The first-order chi connectivity index (χ1) is 14.6. The SMILES string of the molecule is O=[N+]([O-])c1cccc(-c2ccccc2N(c2ccccc2)c2ccccc2Br)c1F. The zero-order valence-electron chi connectivity index (χ0n) is 15.7. The Morgan fingerprint density at radius 3 is 2.03 bits per heavy atom. The zero-order valence-corrected chi connectivity index (χ0v) is 17.3. The predicted molar refractivity (Wildman–Crippen MR) is 121 cm³/mol. The molecule has 4 rings (SSSR count). The molecule has 0 saturated carbocycles. The third-order valence-electron chi connectivity index (χ3n) is 4.72. The Kier molecular flexibility index (Phi) is 5.59. The fourth-order valence-electron chi connectivity index (χ4n) is 3.38. The van der Waals surface area contributed by atoms with E-state index in [4.69, 9.17) is 0 Å². The van der Waals surface area contributed by atoms with Crippen molar-refractivity contribution in [3.05, 3.63) is 117 Å². The maximum absolute atomic E-state index is 15.1. The van der Waals surface area contributed by atoms with Gasteiger partial charge in [0.15, 0.2) is 0 Å². The van der Waals surface area contributed by atoms with E-state index in [2.05, 4.69) is 15.9 Å². The highest BCUT2D eigenvalue weighted by molar-refractivity contribution is 9.10. The van der Waals surface area contributed by atoms with Crippen molar-refractivity contribution >= 4 is 38.7 Å². The number of benzene rings is 4. The molecule has 0 N–H and O–H groups in total. The summed E-state index contributed by atoms with van der Waals surface area (Å²) in [6.45, 7) is 0. The minimum absolute atomic E-state index is 0.174. The summed E-state index contributed by atoms with van der Waals surface area (Å²) >= 11 is 3.61. The van der Waals surface area contributed by atoms with Gasteiger partial charge >= 0.3 is 5.69 Å². The van der Waals surface area contributed by atoms with Gasteiger partial charge in [0.05, 0.1) is 16.3 Å². The van der Waals surface area contributed by atoms with Crippen LogP contribution in [0.3, 0.4) is 0 Å². The van der Waals surface area contributed by atoms with Gasteiger partial charge in [0.25, 0.3) is 0 Å². The summed E-state index contributed by atoms with van der Waals surface area (Å²) in [6, 6.07) is 29.0. The third kappa shape index (κ3) is 3.69. The summed E-state index contributed by atoms with van der Waals surface area (Å²) < 4.78 is 15.9. The second-order valence-corrected chi connectivity index (χ2v) is 7.39. The number of hydrogen-bond donors (Lipinski definition) is 0.